The van der Waals surface area contributed by atoms with Gasteiger partial charge in [0.1, 0.15) is 5.65 Å². The van der Waals surface area contributed by atoms with Gasteiger partial charge in [-0.25, -0.2) is 9.78 Å². The van der Waals surface area contributed by atoms with Crippen molar-refractivity contribution < 1.29 is 4.79 Å². The number of rotatable bonds is 5. The molecular formula is C16H23N5O3. The fourth-order valence-corrected chi connectivity index (χ4v) is 2.67. The van der Waals surface area contributed by atoms with Gasteiger partial charge >= 0.3 is 5.69 Å². The number of carbonyl (C=O) groups is 1. The summed E-state index contributed by atoms with van der Waals surface area (Å²) in [4.78, 5) is 40.9. The number of hydrogen-bond donors (Lipinski definition) is 2. The van der Waals surface area contributed by atoms with Gasteiger partial charge in [-0.05, 0) is 18.9 Å². The van der Waals surface area contributed by atoms with E-state index in [1.54, 1.807) is 0 Å². The highest BCUT2D eigenvalue weighted by Gasteiger charge is 2.27. The fraction of sp³-hybridized carbons (Fsp3) is 0.500. The second-order valence-electron chi connectivity index (χ2n) is 5.95. The van der Waals surface area contributed by atoms with Gasteiger partial charge in [-0.2, -0.15) is 0 Å². The molecule has 0 aromatic carbocycles. The number of fused-ring (bicyclic) bond motifs is 1. The predicted molar refractivity (Wildman–Crippen MR) is 92.1 cm³/mol. The van der Waals surface area contributed by atoms with E-state index in [2.05, 4.69) is 10.3 Å². The van der Waals surface area contributed by atoms with E-state index in [0.717, 1.165) is 4.57 Å². The molecule has 2 aromatic rings. The van der Waals surface area contributed by atoms with Gasteiger partial charge in [-0.3, -0.25) is 18.7 Å². The number of amides is 1. The maximum absolute atomic E-state index is 12.5. The summed E-state index contributed by atoms with van der Waals surface area (Å²) in [7, 11) is 2.93. The third kappa shape index (κ3) is 2.84. The highest BCUT2D eigenvalue weighted by atomic mass is 16.2. The van der Waals surface area contributed by atoms with Crippen molar-refractivity contribution in [3.8, 4) is 0 Å². The van der Waals surface area contributed by atoms with E-state index in [4.69, 9.17) is 5.73 Å². The van der Waals surface area contributed by atoms with E-state index in [1.165, 1.54) is 30.9 Å². The van der Waals surface area contributed by atoms with Crippen LogP contribution in [0.25, 0.3) is 11.0 Å². The van der Waals surface area contributed by atoms with Crippen LogP contribution in [0.2, 0.25) is 0 Å². The number of carbonyl (C=O) groups excluding carboxylic acids is 1. The molecule has 2 rings (SSSR count). The van der Waals surface area contributed by atoms with Crippen LogP contribution >= 0.6 is 0 Å². The summed E-state index contributed by atoms with van der Waals surface area (Å²) < 4.78 is 2.27. The van der Waals surface area contributed by atoms with Crippen molar-refractivity contribution in [2.24, 2.45) is 19.8 Å². The van der Waals surface area contributed by atoms with E-state index < -0.39 is 16.8 Å². The minimum atomic E-state index is -0.486. The molecule has 0 bridgehead atoms. The second kappa shape index (κ2) is 6.56. The summed E-state index contributed by atoms with van der Waals surface area (Å²) in [5.74, 6) is -0.338. The molecule has 0 saturated carbocycles. The normalized spacial score (nSPS) is 11.7. The largest absolute Gasteiger partial charge is 0.345 e. The molecule has 0 spiro atoms. The first kappa shape index (κ1) is 17.9. The van der Waals surface area contributed by atoms with E-state index in [0.29, 0.717) is 19.4 Å². The Hall–Kier alpha value is -2.48. The summed E-state index contributed by atoms with van der Waals surface area (Å²) in [5.41, 5.74) is 4.88. The zero-order chi connectivity index (χ0) is 18.1. The van der Waals surface area contributed by atoms with Gasteiger partial charge < -0.3 is 11.1 Å². The van der Waals surface area contributed by atoms with Gasteiger partial charge in [0.05, 0.1) is 16.5 Å². The van der Waals surface area contributed by atoms with Crippen LogP contribution in [-0.2, 0) is 14.1 Å². The van der Waals surface area contributed by atoms with Crippen LogP contribution in [0, 0.1) is 0 Å². The van der Waals surface area contributed by atoms with Gasteiger partial charge in [-0.15, -0.1) is 0 Å². The van der Waals surface area contributed by atoms with Crippen molar-refractivity contribution in [1.82, 2.24) is 19.4 Å². The number of hydrogen-bond acceptors (Lipinski definition) is 5. The van der Waals surface area contributed by atoms with Crippen molar-refractivity contribution in [1.29, 1.82) is 0 Å². The van der Waals surface area contributed by atoms with Crippen LogP contribution in [0.4, 0.5) is 0 Å². The average molecular weight is 333 g/mol. The molecular weight excluding hydrogens is 310 g/mol. The molecule has 130 valence electrons. The van der Waals surface area contributed by atoms with Gasteiger partial charge in [0.2, 0.25) is 0 Å². The number of aromatic nitrogens is 3. The van der Waals surface area contributed by atoms with E-state index in [9.17, 15) is 14.4 Å². The molecule has 8 nitrogen and oxygen atoms in total. The first-order valence-corrected chi connectivity index (χ1v) is 7.88. The number of nitrogens with zero attached hydrogens (tertiary/aromatic N) is 3. The van der Waals surface area contributed by atoms with E-state index in [-0.39, 0.29) is 22.5 Å². The molecule has 0 aliphatic rings. The smallest absolute Gasteiger partial charge is 0.332 e. The third-order valence-corrected chi connectivity index (χ3v) is 4.68. The van der Waals surface area contributed by atoms with Crippen molar-refractivity contribution in [3.05, 3.63) is 38.7 Å². The van der Waals surface area contributed by atoms with Gasteiger partial charge in [0.25, 0.3) is 11.5 Å². The Morgan fingerprint density at radius 3 is 2.42 bits per heavy atom. The first-order valence-electron chi connectivity index (χ1n) is 7.88. The maximum Gasteiger partial charge on any atom is 0.332 e. The Kier molecular flexibility index (Phi) is 4.88. The molecule has 0 fully saturated rings. The number of pyridine rings is 1. The number of nitrogens with one attached hydrogen (secondary N) is 1. The van der Waals surface area contributed by atoms with Crippen LogP contribution in [0.1, 0.15) is 37.0 Å². The lowest BCUT2D eigenvalue weighted by Crippen LogP contribution is -2.52. The fourth-order valence-electron chi connectivity index (χ4n) is 2.67. The monoisotopic (exact) mass is 333 g/mol. The molecule has 0 radical (unpaired) electrons. The van der Waals surface area contributed by atoms with Gasteiger partial charge in [-0.1, -0.05) is 13.8 Å². The molecule has 3 N–H and O–H groups in total. The van der Waals surface area contributed by atoms with E-state index in [1.807, 2.05) is 13.8 Å². The number of nitrogens with two attached hydrogens (primary N) is 1. The van der Waals surface area contributed by atoms with Crippen LogP contribution in [0.15, 0.2) is 21.9 Å². The van der Waals surface area contributed by atoms with Crippen LogP contribution < -0.4 is 22.3 Å². The molecule has 8 heteroatoms. The third-order valence-electron chi connectivity index (χ3n) is 4.68. The maximum atomic E-state index is 12.5. The first-order chi connectivity index (χ1) is 11.3. The Bertz CT molecular complexity index is 885. The zero-order valence-electron chi connectivity index (χ0n) is 14.4. The summed E-state index contributed by atoms with van der Waals surface area (Å²) in [6.45, 7) is 4.24. The van der Waals surface area contributed by atoms with Crippen LogP contribution in [0.5, 0.6) is 0 Å². The standard InChI is InChI=1S/C16H23N5O3/c1-5-16(6-2,9-17)19-13(22)10-7-11-12(18-8-10)20(3)15(24)21(4)14(11)23/h7-8H,5-6,9,17H2,1-4H3,(H,19,22). The molecule has 0 atom stereocenters. The predicted octanol–water partition coefficient (Wildman–Crippen LogP) is -0.120. The lowest BCUT2D eigenvalue weighted by Gasteiger charge is -2.31. The van der Waals surface area contributed by atoms with Crippen LogP contribution in [-0.4, -0.2) is 32.1 Å². The summed E-state index contributed by atoms with van der Waals surface area (Å²) in [5, 5.41) is 3.16. The topological polar surface area (TPSA) is 112 Å². The summed E-state index contributed by atoms with van der Waals surface area (Å²) >= 11 is 0. The lowest BCUT2D eigenvalue weighted by molar-refractivity contribution is 0.0895. The van der Waals surface area contributed by atoms with Crippen molar-refractivity contribution in [3.63, 3.8) is 0 Å². The van der Waals surface area contributed by atoms with Gasteiger partial charge in [0, 0.05) is 26.8 Å². The second-order valence-corrected chi connectivity index (χ2v) is 5.95. The molecule has 0 unspecified atom stereocenters. The molecule has 2 heterocycles. The number of aryl methyl sites for hydroxylation is 1. The van der Waals surface area contributed by atoms with Crippen LogP contribution in [0.3, 0.4) is 0 Å². The van der Waals surface area contributed by atoms with E-state index >= 15 is 0 Å². The molecule has 2 aromatic heterocycles. The Morgan fingerprint density at radius 2 is 1.88 bits per heavy atom. The lowest BCUT2D eigenvalue weighted by atomic mass is 9.92. The quantitative estimate of drug-likeness (QED) is 0.792. The minimum absolute atomic E-state index is 0.221. The van der Waals surface area contributed by atoms with Crippen molar-refractivity contribution >= 4 is 16.9 Å². The zero-order valence-corrected chi connectivity index (χ0v) is 14.4. The summed E-state index contributed by atoms with van der Waals surface area (Å²) in [6, 6.07) is 1.46. The Labute approximate surface area is 139 Å². The summed E-state index contributed by atoms with van der Waals surface area (Å²) in [6.07, 6.45) is 2.76. The minimum Gasteiger partial charge on any atom is -0.345 e. The molecule has 24 heavy (non-hydrogen) atoms. The average Bonchev–Trinajstić information content (AvgIpc) is 2.62. The Morgan fingerprint density at radius 1 is 1.25 bits per heavy atom. The Balaban J connectivity index is 2.54. The van der Waals surface area contributed by atoms with Crippen molar-refractivity contribution in [2.45, 2.75) is 32.2 Å². The SMILES string of the molecule is CCC(CC)(CN)NC(=O)c1cnc2c(c1)c(=O)n(C)c(=O)n2C. The highest BCUT2D eigenvalue weighted by Crippen LogP contribution is 2.15. The molecule has 1 amide bonds. The molecule has 0 aliphatic carbocycles. The van der Waals surface area contributed by atoms with Crippen molar-refractivity contribution in [2.75, 3.05) is 6.54 Å². The molecule has 0 aliphatic heterocycles. The molecule has 0 saturated heterocycles. The highest BCUT2D eigenvalue weighted by molar-refractivity contribution is 5.97. The van der Waals surface area contributed by atoms with Gasteiger partial charge in [0.15, 0.2) is 0 Å².